The summed E-state index contributed by atoms with van der Waals surface area (Å²) in [7, 11) is 1.19. The third kappa shape index (κ3) is 4.33. The number of hydrogen-bond donors (Lipinski definition) is 2. The monoisotopic (exact) mass is 402 g/mol. The maximum Gasteiger partial charge on any atom is 0.413 e. The van der Waals surface area contributed by atoms with Crippen molar-refractivity contribution in [2.75, 3.05) is 19.0 Å². The molecule has 148 valence electrons. The van der Waals surface area contributed by atoms with E-state index in [1.165, 1.54) is 18.4 Å². The summed E-state index contributed by atoms with van der Waals surface area (Å²) in [6.07, 6.45) is 2.78. The molecule has 1 aromatic carbocycles. The molecule has 7 nitrogen and oxygen atoms in total. The van der Waals surface area contributed by atoms with Crippen molar-refractivity contribution >= 4 is 34.2 Å². The van der Waals surface area contributed by atoms with Crippen LogP contribution in [0.5, 0.6) is 5.75 Å². The van der Waals surface area contributed by atoms with Crippen molar-refractivity contribution in [2.45, 2.75) is 32.6 Å². The molecule has 2 N–H and O–H groups in total. The fourth-order valence-electron chi connectivity index (χ4n) is 3.14. The second kappa shape index (κ2) is 8.88. The molecule has 0 spiro atoms. The van der Waals surface area contributed by atoms with Gasteiger partial charge in [0.15, 0.2) is 0 Å². The van der Waals surface area contributed by atoms with Crippen LogP contribution >= 0.6 is 11.3 Å². The standard InChI is InChI=1S/C20H22N2O5S/c1-3-27-13-10-8-12(9-11-13)17(23)21-19-16(18(24)22-20(25)26-2)14-6-4-5-7-15(14)28-19/h8-11H,3-7H2,1-2H3,(H,21,23)(H,22,24,25). The molecule has 2 aromatic rings. The number of fused-ring (bicyclic) bond motifs is 1. The Morgan fingerprint density at radius 2 is 1.79 bits per heavy atom. The zero-order valence-corrected chi connectivity index (χ0v) is 16.6. The van der Waals surface area contributed by atoms with Crippen LogP contribution in [0.15, 0.2) is 24.3 Å². The molecule has 0 fully saturated rings. The first-order valence-corrected chi connectivity index (χ1v) is 9.93. The Balaban J connectivity index is 1.86. The Kier molecular flexibility index (Phi) is 6.30. The number of methoxy groups -OCH3 is 1. The molecule has 8 heteroatoms. The molecule has 3 amide bonds. The second-order valence-electron chi connectivity index (χ2n) is 6.27. The normalized spacial score (nSPS) is 12.6. The number of carbonyl (C=O) groups is 3. The number of imide groups is 1. The SMILES string of the molecule is CCOc1ccc(C(=O)Nc2sc3c(c2C(=O)NC(=O)OC)CCCC3)cc1. The van der Waals surface area contributed by atoms with E-state index in [1.807, 2.05) is 6.92 Å². The maximum atomic E-state index is 12.7. The molecule has 3 rings (SSSR count). The Bertz CT molecular complexity index is 889. The number of carbonyl (C=O) groups excluding carboxylic acids is 3. The molecule has 0 unspecified atom stereocenters. The predicted octanol–water partition coefficient (Wildman–Crippen LogP) is 3.77. The zero-order valence-electron chi connectivity index (χ0n) is 15.8. The van der Waals surface area contributed by atoms with Gasteiger partial charge >= 0.3 is 6.09 Å². The molecule has 1 heterocycles. The summed E-state index contributed by atoms with van der Waals surface area (Å²) in [5.41, 5.74) is 1.71. The van der Waals surface area contributed by atoms with Crippen molar-refractivity contribution in [3.05, 3.63) is 45.8 Å². The smallest absolute Gasteiger partial charge is 0.413 e. The van der Waals surface area contributed by atoms with Crippen molar-refractivity contribution in [2.24, 2.45) is 0 Å². The van der Waals surface area contributed by atoms with E-state index in [1.54, 1.807) is 24.3 Å². The Labute approximate surface area is 167 Å². The first-order chi connectivity index (χ1) is 13.5. The number of anilines is 1. The lowest BCUT2D eigenvalue weighted by atomic mass is 9.95. The zero-order chi connectivity index (χ0) is 20.1. The molecular formula is C20H22N2O5S. The number of rotatable bonds is 5. The van der Waals surface area contributed by atoms with E-state index in [4.69, 9.17) is 4.74 Å². The lowest BCUT2D eigenvalue weighted by Gasteiger charge is -2.12. The summed E-state index contributed by atoms with van der Waals surface area (Å²) in [5, 5.41) is 5.48. The van der Waals surface area contributed by atoms with E-state index >= 15 is 0 Å². The van der Waals surface area contributed by atoms with Crippen molar-refractivity contribution in [1.29, 1.82) is 0 Å². The van der Waals surface area contributed by atoms with E-state index in [-0.39, 0.29) is 5.91 Å². The third-order valence-corrected chi connectivity index (χ3v) is 5.66. The van der Waals surface area contributed by atoms with Crippen LogP contribution in [0.2, 0.25) is 0 Å². The van der Waals surface area contributed by atoms with Crippen molar-refractivity contribution in [1.82, 2.24) is 5.32 Å². The van der Waals surface area contributed by atoms with Gasteiger partial charge < -0.3 is 14.8 Å². The fraction of sp³-hybridized carbons (Fsp3) is 0.350. The Morgan fingerprint density at radius 3 is 2.46 bits per heavy atom. The largest absolute Gasteiger partial charge is 0.494 e. The summed E-state index contributed by atoms with van der Waals surface area (Å²) in [4.78, 5) is 37.9. The quantitative estimate of drug-likeness (QED) is 0.794. The molecule has 0 radical (unpaired) electrons. The minimum atomic E-state index is -0.829. The number of thiophene rings is 1. The Morgan fingerprint density at radius 1 is 1.07 bits per heavy atom. The number of hydrogen-bond acceptors (Lipinski definition) is 6. The second-order valence-corrected chi connectivity index (χ2v) is 7.38. The number of nitrogens with one attached hydrogen (secondary N) is 2. The highest BCUT2D eigenvalue weighted by Crippen LogP contribution is 2.38. The highest BCUT2D eigenvalue weighted by Gasteiger charge is 2.27. The van der Waals surface area contributed by atoms with E-state index in [0.29, 0.717) is 28.5 Å². The van der Waals surface area contributed by atoms with Crippen molar-refractivity contribution in [3.8, 4) is 5.75 Å². The van der Waals surface area contributed by atoms with Crippen molar-refractivity contribution in [3.63, 3.8) is 0 Å². The van der Waals surface area contributed by atoms with Crippen LogP contribution in [-0.4, -0.2) is 31.6 Å². The van der Waals surface area contributed by atoms with E-state index in [0.717, 1.165) is 36.1 Å². The molecule has 28 heavy (non-hydrogen) atoms. The average molecular weight is 402 g/mol. The van der Waals surface area contributed by atoms with Gasteiger partial charge in [0.25, 0.3) is 11.8 Å². The van der Waals surface area contributed by atoms with Crippen LogP contribution in [0.3, 0.4) is 0 Å². The minimum absolute atomic E-state index is 0.325. The van der Waals surface area contributed by atoms with Crippen LogP contribution in [0.25, 0.3) is 0 Å². The van der Waals surface area contributed by atoms with E-state index in [9.17, 15) is 14.4 Å². The van der Waals surface area contributed by atoms with Gasteiger partial charge in [0.1, 0.15) is 10.8 Å². The van der Waals surface area contributed by atoms with Crippen LogP contribution < -0.4 is 15.4 Å². The minimum Gasteiger partial charge on any atom is -0.494 e. The molecule has 0 bridgehead atoms. The molecule has 1 aromatic heterocycles. The lowest BCUT2D eigenvalue weighted by molar-refractivity contribution is 0.0937. The summed E-state index contributed by atoms with van der Waals surface area (Å²) in [6.45, 7) is 2.44. The van der Waals surface area contributed by atoms with Crippen LogP contribution in [0.4, 0.5) is 9.80 Å². The molecule has 0 aliphatic heterocycles. The fourth-order valence-corrected chi connectivity index (χ4v) is 4.43. The topological polar surface area (TPSA) is 93.7 Å². The van der Waals surface area contributed by atoms with Gasteiger partial charge in [0, 0.05) is 10.4 Å². The molecular weight excluding hydrogens is 380 g/mol. The molecule has 1 aliphatic carbocycles. The summed E-state index contributed by atoms with van der Waals surface area (Å²) in [5.74, 6) is -0.203. The summed E-state index contributed by atoms with van der Waals surface area (Å²) < 4.78 is 9.90. The van der Waals surface area contributed by atoms with Gasteiger partial charge in [-0.15, -0.1) is 11.3 Å². The molecule has 0 atom stereocenters. The first kappa shape index (κ1) is 19.9. The van der Waals surface area contributed by atoms with Gasteiger partial charge in [-0.2, -0.15) is 0 Å². The number of ether oxygens (including phenoxy) is 2. The van der Waals surface area contributed by atoms with Gasteiger partial charge in [0.2, 0.25) is 0 Å². The van der Waals surface area contributed by atoms with Crippen molar-refractivity contribution < 1.29 is 23.9 Å². The molecule has 0 saturated carbocycles. The molecule has 1 aliphatic rings. The first-order valence-electron chi connectivity index (χ1n) is 9.11. The average Bonchev–Trinajstić information content (AvgIpc) is 3.06. The Hall–Kier alpha value is -2.87. The maximum absolute atomic E-state index is 12.7. The number of benzene rings is 1. The number of aryl methyl sites for hydroxylation is 1. The van der Waals surface area contributed by atoms with Gasteiger partial charge in [0.05, 0.1) is 19.3 Å². The highest BCUT2D eigenvalue weighted by molar-refractivity contribution is 7.17. The summed E-state index contributed by atoms with van der Waals surface area (Å²) in [6, 6.07) is 6.79. The lowest BCUT2D eigenvalue weighted by Crippen LogP contribution is -2.31. The molecule has 0 saturated heterocycles. The van der Waals surface area contributed by atoms with Gasteiger partial charge in [-0.3, -0.25) is 14.9 Å². The van der Waals surface area contributed by atoms with Crippen LogP contribution in [-0.2, 0) is 17.6 Å². The number of alkyl carbamates (subject to hydrolysis) is 1. The van der Waals surface area contributed by atoms with Gasteiger partial charge in [-0.1, -0.05) is 0 Å². The predicted molar refractivity (Wildman–Crippen MR) is 106 cm³/mol. The van der Waals surface area contributed by atoms with Gasteiger partial charge in [-0.25, -0.2) is 4.79 Å². The van der Waals surface area contributed by atoms with Crippen LogP contribution in [0.1, 0.15) is 50.9 Å². The highest BCUT2D eigenvalue weighted by atomic mass is 32.1. The van der Waals surface area contributed by atoms with Gasteiger partial charge in [-0.05, 0) is 62.4 Å². The van der Waals surface area contributed by atoms with Crippen LogP contribution in [0, 0.1) is 0 Å². The number of amides is 3. The van der Waals surface area contributed by atoms with E-state index < -0.39 is 12.0 Å². The van der Waals surface area contributed by atoms with E-state index in [2.05, 4.69) is 15.4 Å². The third-order valence-electron chi connectivity index (χ3n) is 4.45. The summed E-state index contributed by atoms with van der Waals surface area (Å²) >= 11 is 1.39.